The summed E-state index contributed by atoms with van der Waals surface area (Å²) in [6, 6.07) is 4.80. The fraction of sp³-hybridized carbons (Fsp3) is 0.294. The van der Waals surface area contributed by atoms with Crippen LogP contribution in [0.1, 0.15) is 32.9 Å². The van der Waals surface area contributed by atoms with E-state index in [9.17, 15) is 19.1 Å². The lowest BCUT2D eigenvalue weighted by atomic mass is 10.0. The van der Waals surface area contributed by atoms with Crippen molar-refractivity contribution in [3.05, 3.63) is 57.0 Å². The van der Waals surface area contributed by atoms with Crippen LogP contribution in [-0.4, -0.2) is 22.7 Å². The van der Waals surface area contributed by atoms with Crippen molar-refractivity contribution in [3.8, 4) is 0 Å². The number of halogens is 1. The number of aryl methyl sites for hydroxylation is 2. The highest BCUT2D eigenvalue weighted by molar-refractivity contribution is 8.00. The molecular weight excluding hydrogens is 349 g/mol. The summed E-state index contributed by atoms with van der Waals surface area (Å²) in [6.07, 6.45) is 0.932. The molecule has 0 saturated carbocycles. The first-order valence-corrected chi connectivity index (χ1v) is 9.37. The van der Waals surface area contributed by atoms with Gasteiger partial charge in [0.25, 0.3) is 0 Å². The summed E-state index contributed by atoms with van der Waals surface area (Å²) in [4.78, 5) is 25.4. The van der Waals surface area contributed by atoms with Gasteiger partial charge in [-0.15, -0.1) is 23.1 Å². The predicted octanol–water partition coefficient (Wildman–Crippen LogP) is 3.47. The van der Waals surface area contributed by atoms with Gasteiger partial charge in [-0.05, 0) is 53.3 Å². The van der Waals surface area contributed by atoms with Gasteiger partial charge < -0.3 is 10.4 Å². The topological polar surface area (TPSA) is 66.4 Å². The van der Waals surface area contributed by atoms with E-state index in [1.807, 2.05) is 11.4 Å². The quantitative estimate of drug-likeness (QED) is 0.871. The molecule has 3 rings (SSSR count). The number of carboxylic acid groups (broad SMARTS) is 1. The minimum atomic E-state index is -1.19. The molecule has 0 aliphatic carbocycles. The van der Waals surface area contributed by atoms with Crippen molar-refractivity contribution in [2.45, 2.75) is 24.6 Å². The highest BCUT2D eigenvalue weighted by Crippen LogP contribution is 2.39. The Bertz CT molecular complexity index is 790. The lowest BCUT2D eigenvalue weighted by Crippen LogP contribution is -2.37. The summed E-state index contributed by atoms with van der Waals surface area (Å²) < 4.78 is 13.4. The lowest BCUT2D eigenvalue weighted by molar-refractivity contribution is -0.142. The Balaban J connectivity index is 1.83. The number of thioether (sulfide) groups is 1. The average Bonchev–Trinajstić information content (AvgIpc) is 3.03. The second-order valence-electron chi connectivity index (χ2n) is 5.59. The van der Waals surface area contributed by atoms with Gasteiger partial charge in [-0.2, -0.15) is 0 Å². The van der Waals surface area contributed by atoms with Gasteiger partial charge in [-0.3, -0.25) is 4.79 Å². The molecule has 1 aromatic heterocycles. The van der Waals surface area contributed by atoms with E-state index in [1.165, 1.54) is 34.8 Å². The zero-order chi connectivity index (χ0) is 17.3. The van der Waals surface area contributed by atoms with Crippen LogP contribution >= 0.6 is 23.1 Å². The van der Waals surface area contributed by atoms with Crippen LogP contribution in [0.2, 0.25) is 0 Å². The number of amides is 1. The smallest absolute Gasteiger partial charge is 0.330 e. The Labute approximate surface area is 147 Å². The number of carbonyl (C=O) groups excluding carboxylic acids is 1. The molecule has 0 fully saturated rings. The third kappa shape index (κ3) is 3.32. The first-order chi connectivity index (χ1) is 11.5. The van der Waals surface area contributed by atoms with Crippen LogP contribution in [-0.2, 0) is 16.0 Å². The van der Waals surface area contributed by atoms with Gasteiger partial charge in [0.05, 0.1) is 0 Å². The third-order valence-corrected chi connectivity index (χ3v) is 6.20. The number of hydrogen-bond acceptors (Lipinski definition) is 4. The maximum atomic E-state index is 13.4. The standard InChI is InChI=1S/C17H16FNO3S2/c1-9-8-10(2-3-12(9)18)14(17(21)22)19-16(20)15-11-4-6-23-13(11)5-7-24-15/h2-4,6,8,14-15H,5,7H2,1H3,(H,19,20)(H,21,22). The number of nitrogens with one attached hydrogen (secondary N) is 1. The van der Waals surface area contributed by atoms with E-state index in [1.54, 1.807) is 18.3 Å². The van der Waals surface area contributed by atoms with Gasteiger partial charge in [0.2, 0.25) is 5.91 Å². The lowest BCUT2D eigenvalue weighted by Gasteiger charge is -2.24. The number of carbonyl (C=O) groups is 2. The molecule has 1 aliphatic rings. The molecule has 4 nitrogen and oxygen atoms in total. The molecule has 24 heavy (non-hydrogen) atoms. The first-order valence-electron chi connectivity index (χ1n) is 7.44. The van der Waals surface area contributed by atoms with Crippen LogP contribution in [0.15, 0.2) is 29.6 Å². The normalized spacial score (nSPS) is 17.8. The zero-order valence-corrected chi connectivity index (χ0v) is 14.5. The Kier molecular flexibility index (Phi) is 4.91. The largest absolute Gasteiger partial charge is 0.479 e. The number of aliphatic carboxylic acids is 1. The third-order valence-electron chi connectivity index (χ3n) is 3.96. The van der Waals surface area contributed by atoms with Gasteiger partial charge in [-0.1, -0.05) is 12.1 Å². The molecule has 2 aromatic rings. The van der Waals surface area contributed by atoms with Crippen molar-refractivity contribution in [1.82, 2.24) is 5.32 Å². The van der Waals surface area contributed by atoms with Gasteiger partial charge in [-0.25, -0.2) is 9.18 Å². The highest BCUT2D eigenvalue weighted by Gasteiger charge is 2.31. The minimum Gasteiger partial charge on any atom is -0.479 e. The maximum Gasteiger partial charge on any atom is 0.330 e. The SMILES string of the molecule is Cc1cc(C(NC(=O)C2SCCc3sccc32)C(=O)O)ccc1F. The monoisotopic (exact) mass is 365 g/mol. The van der Waals surface area contributed by atoms with E-state index in [4.69, 9.17) is 0 Å². The van der Waals surface area contributed by atoms with Crippen LogP contribution in [0, 0.1) is 12.7 Å². The number of rotatable bonds is 4. The Morgan fingerprint density at radius 2 is 2.17 bits per heavy atom. The molecule has 2 heterocycles. The van der Waals surface area contributed by atoms with Crippen molar-refractivity contribution in [3.63, 3.8) is 0 Å². The Hall–Kier alpha value is -1.86. The molecule has 7 heteroatoms. The maximum absolute atomic E-state index is 13.4. The fourth-order valence-corrected chi connectivity index (χ4v) is 5.02. The van der Waals surface area contributed by atoms with Gasteiger partial charge in [0, 0.05) is 4.88 Å². The van der Waals surface area contributed by atoms with Crippen LogP contribution in [0.4, 0.5) is 4.39 Å². The number of fused-ring (bicyclic) bond motifs is 1. The second-order valence-corrected chi connectivity index (χ2v) is 7.80. The van der Waals surface area contributed by atoms with Gasteiger partial charge in [0.1, 0.15) is 11.1 Å². The summed E-state index contributed by atoms with van der Waals surface area (Å²) in [5, 5.41) is 13.6. The molecule has 0 saturated heterocycles. The Morgan fingerprint density at radius 3 is 2.88 bits per heavy atom. The Morgan fingerprint density at radius 1 is 1.38 bits per heavy atom. The zero-order valence-electron chi connectivity index (χ0n) is 12.9. The highest BCUT2D eigenvalue weighted by atomic mass is 32.2. The summed E-state index contributed by atoms with van der Waals surface area (Å²) >= 11 is 3.14. The average molecular weight is 365 g/mol. The van der Waals surface area contributed by atoms with Crippen molar-refractivity contribution >= 4 is 35.0 Å². The minimum absolute atomic E-state index is 0.325. The number of benzene rings is 1. The molecule has 0 spiro atoms. The molecule has 1 amide bonds. The summed E-state index contributed by atoms with van der Waals surface area (Å²) in [5.74, 6) is -1.06. The molecule has 2 unspecified atom stereocenters. The van der Waals surface area contributed by atoms with Crippen molar-refractivity contribution in [1.29, 1.82) is 0 Å². The van der Waals surface area contributed by atoms with Crippen LogP contribution in [0.5, 0.6) is 0 Å². The fourth-order valence-electron chi connectivity index (χ4n) is 2.72. The molecule has 1 aromatic carbocycles. The van der Waals surface area contributed by atoms with E-state index < -0.39 is 23.1 Å². The van der Waals surface area contributed by atoms with Crippen LogP contribution in [0.3, 0.4) is 0 Å². The van der Waals surface area contributed by atoms with E-state index in [-0.39, 0.29) is 5.91 Å². The molecule has 2 atom stereocenters. The molecule has 0 bridgehead atoms. The second kappa shape index (κ2) is 6.94. The first kappa shape index (κ1) is 17.0. The van der Waals surface area contributed by atoms with Crippen molar-refractivity contribution in [2.75, 3.05) is 5.75 Å². The molecule has 1 aliphatic heterocycles. The number of hydrogen-bond donors (Lipinski definition) is 2. The molecule has 0 radical (unpaired) electrons. The van der Waals surface area contributed by atoms with Crippen LogP contribution in [0.25, 0.3) is 0 Å². The molecule has 2 N–H and O–H groups in total. The number of thiophene rings is 1. The van der Waals surface area contributed by atoms with E-state index in [2.05, 4.69) is 5.32 Å². The van der Waals surface area contributed by atoms with E-state index in [0.717, 1.165) is 17.7 Å². The predicted molar refractivity (Wildman–Crippen MR) is 92.9 cm³/mol. The van der Waals surface area contributed by atoms with E-state index >= 15 is 0 Å². The number of carboxylic acids is 1. The molecule has 126 valence electrons. The molecular formula is C17H16FNO3S2. The van der Waals surface area contributed by atoms with E-state index in [0.29, 0.717) is 11.1 Å². The summed E-state index contributed by atoms with van der Waals surface area (Å²) in [6.45, 7) is 1.56. The van der Waals surface area contributed by atoms with Gasteiger partial charge >= 0.3 is 5.97 Å². The van der Waals surface area contributed by atoms with Gasteiger partial charge in [0.15, 0.2) is 6.04 Å². The van der Waals surface area contributed by atoms with Crippen molar-refractivity contribution in [2.24, 2.45) is 0 Å². The van der Waals surface area contributed by atoms with Crippen molar-refractivity contribution < 1.29 is 19.1 Å². The van der Waals surface area contributed by atoms with Crippen LogP contribution < -0.4 is 5.32 Å². The summed E-state index contributed by atoms with van der Waals surface area (Å²) in [5.41, 5.74) is 1.68. The summed E-state index contributed by atoms with van der Waals surface area (Å²) in [7, 11) is 0.